The van der Waals surface area contributed by atoms with Crippen LogP contribution in [-0.2, 0) is 13.1 Å². The summed E-state index contributed by atoms with van der Waals surface area (Å²) in [5, 5.41) is 0. The molecule has 2 aliphatic rings. The summed E-state index contributed by atoms with van der Waals surface area (Å²) in [4.78, 5) is 21.3. The molecule has 5 nitrogen and oxygen atoms in total. The van der Waals surface area contributed by atoms with Crippen molar-refractivity contribution in [2.45, 2.75) is 77.8 Å². The molecule has 2 fully saturated rings. The molecule has 4 rings (SSSR count). The molecule has 0 aliphatic heterocycles. The van der Waals surface area contributed by atoms with Crippen LogP contribution in [0.2, 0.25) is 0 Å². The molecule has 0 radical (unpaired) electrons. The number of imidazole rings is 1. The van der Waals surface area contributed by atoms with Crippen molar-refractivity contribution in [1.29, 1.82) is 0 Å². The fourth-order valence-corrected chi connectivity index (χ4v) is 5.46. The molecule has 25 heavy (non-hydrogen) atoms. The summed E-state index contributed by atoms with van der Waals surface area (Å²) in [5.74, 6) is 3.13. The second-order valence-electron chi connectivity index (χ2n) is 7.75. The minimum absolute atomic E-state index is 0.00563. The number of aromatic amines is 1. The van der Waals surface area contributed by atoms with Crippen LogP contribution in [0.25, 0.3) is 11.2 Å². The van der Waals surface area contributed by atoms with Gasteiger partial charge in [-0.15, -0.1) is 0 Å². The Bertz CT molecular complexity index is 893. The molecule has 3 atom stereocenters. The maximum Gasteiger partial charge on any atom is 0.280 e. The van der Waals surface area contributed by atoms with Crippen LogP contribution in [-0.4, -0.2) is 19.1 Å². The lowest BCUT2D eigenvalue weighted by atomic mass is 9.91. The Kier molecular flexibility index (Phi) is 4.56. The molecule has 2 aromatic rings. The normalized spacial score (nSPS) is 25.8. The van der Waals surface area contributed by atoms with Gasteiger partial charge < -0.3 is 9.55 Å². The number of rotatable bonds is 5. The zero-order valence-corrected chi connectivity index (χ0v) is 16.1. The van der Waals surface area contributed by atoms with Gasteiger partial charge >= 0.3 is 0 Å². The highest BCUT2D eigenvalue weighted by molar-refractivity contribution is 7.71. The van der Waals surface area contributed by atoms with Crippen LogP contribution in [0.1, 0.15) is 70.5 Å². The summed E-state index contributed by atoms with van der Waals surface area (Å²) in [6.45, 7) is 5.68. The highest BCUT2D eigenvalue weighted by Crippen LogP contribution is 2.51. The Balaban J connectivity index is 1.87. The molecule has 6 heteroatoms. The van der Waals surface area contributed by atoms with Crippen LogP contribution in [0.3, 0.4) is 0 Å². The van der Waals surface area contributed by atoms with Gasteiger partial charge in [0, 0.05) is 19.0 Å². The molecular weight excluding hydrogens is 332 g/mol. The van der Waals surface area contributed by atoms with Gasteiger partial charge in [0.15, 0.2) is 10.4 Å². The first-order valence-electron chi connectivity index (χ1n) is 9.88. The fourth-order valence-electron chi connectivity index (χ4n) is 5.11. The van der Waals surface area contributed by atoms with Gasteiger partial charge in [-0.2, -0.15) is 0 Å². The van der Waals surface area contributed by atoms with E-state index in [9.17, 15) is 4.79 Å². The van der Waals surface area contributed by atoms with Crippen molar-refractivity contribution in [3.63, 3.8) is 0 Å². The van der Waals surface area contributed by atoms with Crippen LogP contribution in [0.4, 0.5) is 0 Å². The van der Waals surface area contributed by atoms with Gasteiger partial charge in [0.2, 0.25) is 0 Å². The predicted octanol–water partition coefficient (Wildman–Crippen LogP) is 4.37. The molecule has 2 aromatic heterocycles. The largest absolute Gasteiger partial charge is 0.336 e. The first-order chi connectivity index (χ1) is 12.2. The van der Waals surface area contributed by atoms with E-state index >= 15 is 0 Å². The molecular formula is C19H28N4OS. The Morgan fingerprint density at radius 1 is 1.12 bits per heavy atom. The van der Waals surface area contributed by atoms with Crippen molar-refractivity contribution in [3.05, 3.63) is 20.9 Å². The van der Waals surface area contributed by atoms with Crippen molar-refractivity contribution in [2.75, 3.05) is 0 Å². The second kappa shape index (κ2) is 6.71. The Labute approximate surface area is 153 Å². The van der Waals surface area contributed by atoms with Gasteiger partial charge in [-0.25, -0.2) is 4.98 Å². The van der Waals surface area contributed by atoms with Gasteiger partial charge in [-0.05, 0) is 56.2 Å². The lowest BCUT2D eigenvalue weighted by Gasteiger charge is -2.15. The van der Waals surface area contributed by atoms with E-state index < -0.39 is 0 Å². The Morgan fingerprint density at radius 3 is 2.64 bits per heavy atom. The molecule has 0 saturated heterocycles. The molecule has 0 aromatic carbocycles. The molecule has 0 unspecified atom stereocenters. The van der Waals surface area contributed by atoms with Crippen LogP contribution in [0.15, 0.2) is 4.79 Å². The summed E-state index contributed by atoms with van der Waals surface area (Å²) in [6.07, 6.45) is 8.42. The van der Waals surface area contributed by atoms with E-state index in [1.807, 2.05) is 0 Å². The average molecular weight is 361 g/mol. The molecule has 0 bridgehead atoms. The van der Waals surface area contributed by atoms with E-state index in [-0.39, 0.29) is 5.56 Å². The zero-order valence-electron chi connectivity index (χ0n) is 15.3. The SMILES string of the molecule is CCCn1c(=O)c2[nH]c([C@@H]3CC[C@H]4CCC[C@H]43)nc2n(CCC)c1=S. The summed E-state index contributed by atoms with van der Waals surface area (Å²) < 4.78 is 4.41. The van der Waals surface area contributed by atoms with Crippen molar-refractivity contribution < 1.29 is 0 Å². The minimum atomic E-state index is -0.00563. The van der Waals surface area contributed by atoms with Crippen LogP contribution in [0.5, 0.6) is 0 Å². The number of hydrogen-bond acceptors (Lipinski definition) is 3. The zero-order chi connectivity index (χ0) is 17.6. The minimum Gasteiger partial charge on any atom is -0.336 e. The van der Waals surface area contributed by atoms with Crippen LogP contribution in [0, 0.1) is 16.6 Å². The van der Waals surface area contributed by atoms with Gasteiger partial charge in [-0.1, -0.05) is 26.7 Å². The van der Waals surface area contributed by atoms with Crippen molar-refractivity contribution >= 4 is 23.4 Å². The van der Waals surface area contributed by atoms with Gasteiger partial charge in [0.25, 0.3) is 5.56 Å². The van der Waals surface area contributed by atoms with Crippen LogP contribution < -0.4 is 5.56 Å². The summed E-state index contributed by atoms with van der Waals surface area (Å²) in [5.41, 5.74) is 1.40. The van der Waals surface area contributed by atoms with Gasteiger partial charge in [0.1, 0.15) is 11.3 Å². The first-order valence-corrected chi connectivity index (χ1v) is 10.3. The molecule has 0 amide bonds. The van der Waals surface area contributed by atoms with E-state index in [4.69, 9.17) is 17.2 Å². The summed E-state index contributed by atoms with van der Waals surface area (Å²) in [7, 11) is 0. The average Bonchev–Trinajstić information content (AvgIpc) is 3.29. The topological polar surface area (TPSA) is 55.6 Å². The highest BCUT2D eigenvalue weighted by Gasteiger charge is 2.41. The van der Waals surface area contributed by atoms with E-state index in [1.54, 1.807) is 4.57 Å². The second-order valence-corrected chi connectivity index (χ2v) is 8.12. The molecule has 0 spiro atoms. The Hall–Kier alpha value is -1.43. The van der Waals surface area contributed by atoms with Crippen molar-refractivity contribution in [3.8, 4) is 0 Å². The predicted molar refractivity (Wildman–Crippen MR) is 103 cm³/mol. The van der Waals surface area contributed by atoms with Crippen molar-refractivity contribution in [2.24, 2.45) is 11.8 Å². The van der Waals surface area contributed by atoms with E-state index in [1.165, 1.54) is 32.1 Å². The molecule has 2 aliphatic carbocycles. The number of aromatic nitrogens is 4. The summed E-state index contributed by atoms with van der Waals surface area (Å²) in [6, 6.07) is 0. The van der Waals surface area contributed by atoms with Crippen molar-refractivity contribution in [1.82, 2.24) is 19.1 Å². The highest BCUT2D eigenvalue weighted by atomic mass is 32.1. The number of H-pyrrole nitrogens is 1. The third-order valence-electron chi connectivity index (χ3n) is 6.21. The molecule has 2 heterocycles. The Morgan fingerprint density at radius 2 is 1.88 bits per heavy atom. The van der Waals surface area contributed by atoms with Crippen LogP contribution >= 0.6 is 12.2 Å². The standard InChI is InChI=1S/C19H28N4OS/c1-3-10-22-17-15(18(24)23(11-4-2)19(22)25)20-16(21-17)14-9-8-12-6-5-7-13(12)14/h12-14H,3-11H2,1-2H3,(H,20,21)/t12-,13-,14-/m1/s1. The summed E-state index contributed by atoms with van der Waals surface area (Å²) >= 11 is 5.63. The monoisotopic (exact) mass is 360 g/mol. The quantitative estimate of drug-likeness (QED) is 0.806. The fraction of sp³-hybridized carbons (Fsp3) is 0.737. The number of nitrogens with zero attached hydrogens (tertiary/aromatic N) is 3. The lowest BCUT2D eigenvalue weighted by molar-refractivity contribution is 0.414. The first kappa shape index (κ1) is 17.0. The number of nitrogens with one attached hydrogen (secondary N) is 1. The molecule has 136 valence electrons. The number of aryl methyl sites for hydroxylation is 1. The third-order valence-corrected chi connectivity index (χ3v) is 6.65. The van der Waals surface area contributed by atoms with Gasteiger partial charge in [0.05, 0.1) is 0 Å². The number of hydrogen-bond donors (Lipinski definition) is 1. The smallest absolute Gasteiger partial charge is 0.280 e. The number of fused-ring (bicyclic) bond motifs is 2. The van der Waals surface area contributed by atoms with E-state index in [0.29, 0.717) is 22.8 Å². The molecule has 1 N–H and O–H groups in total. The lowest BCUT2D eigenvalue weighted by Crippen LogP contribution is -2.25. The molecule has 2 saturated carbocycles. The third kappa shape index (κ3) is 2.69. The van der Waals surface area contributed by atoms with E-state index in [0.717, 1.165) is 42.7 Å². The van der Waals surface area contributed by atoms with Gasteiger partial charge in [-0.3, -0.25) is 9.36 Å². The maximum absolute atomic E-state index is 13.0. The maximum atomic E-state index is 13.0. The van der Waals surface area contributed by atoms with E-state index in [2.05, 4.69) is 23.4 Å².